The quantitative estimate of drug-likeness (QED) is 0.752. The van der Waals surface area contributed by atoms with E-state index in [2.05, 4.69) is 27.8 Å². The third-order valence-electron chi connectivity index (χ3n) is 4.53. The maximum atomic E-state index is 11.7. The van der Waals surface area contributed by atoms with Gasteiger partial charge in [-0.05, 0) is 19.1 Å². The fraction of sp³-hybridized carbons (Fsp3) is 0.929. The lowest BCUT2D eigenvalue weighted by molar-refractivity contribution is -0.130. The second kappa shape index (κ2) is 6.46. The second-order valence-corrected chi connectivity index (χ2v) is 7.36. The third-order valence-corrected chi connectivity index (χ3v) is 5.94. The van der Waals surface area contributed by atoms with Crippen molar-refractivity contribution < 1.29 is 4.79 Å². The van der Waals surface area contributed by atoms with Gasteiger partial charge in [-0.3, -0.25) is 14.6 Å². The second-order valence-electron chi connectivity index (χ2n) is 6.08. The normalized spacial score (nSPS) is 23.9. The molecule has 1 saturated carbocycles. The zero-order chi connectivity index (χ0) is 13.9. The minimum atomic E-state index is 0.216. The van der Waals surface area contributed by atoms with E-state index >= 15 is 0 Å². The van der Waals surface area contributed by atoms with E-state index in [1.165, 1.54) is 25.8 Å². The predicted molar refractivity (Wildman–Crippen MR) is 81.7 cm³/mol. The molecule has 1 heterocycles. The summed E-state index contributed by atoms with van der Waals surface area (Å²) in [5.74, 6) is 0.216. The number of carbonyl (C=O) groups is 1. The molecule has 0 atom stereocenters. The van der Waals surface area contributed by atoms with Crippen LogP contribution in [0.4, 0.5) is 0 Å². The molecule has 0 aromatic rings. The summed E-state index contributed by atoms with van der Waals surface area (Å²) in [6.45, 7) is 6.11. The van der Waals surface area contributed by atoms with E-state index in [1.807, 2.05) is 14.1 Å². The molecule has 0 aromatic carbocycles. The van der Waals surface area contributed by atoms with Crippen LogP contribution in [0.2, 0.25) is 0 Å². The van der Waals surface area contributed by atoms with Crippen molar-refractivity contribution >= 4 is 17.7 Å². The number of carbonyl (C=O) groups excluding carboxylic acids is 1. The van der Waals surface area contributed by atoms with Gasteiger partial charge in [-0.25, -0.2) is 0 Å². The Bertz CT molecular complexity index is 304. The molecule has 2 rings (SSSR count). The van der Waals surface area contributed by atoms with Crippen molar-refractivity contribution in [3.8, 4) is 0 Å². The largest absolute Gasteiger partial charge is 0.348 e. The Morgan fingerprint density at radius 3 is 2.16 bits per heavy atom. The number of nitrogens with zero attached hydrogens (tertiary/aromatic N) is 3. The summed E-state index contributed by atoms with van der Waals surface area (Å²) in [5, 5.41) is 0. The number of hydrogen-bond acceptors (Lipinski definition) is 4. The van der Waals surface area contributed by atoms with Gasteiger partial charge in [0.1, 0.15) is 0 Å². The topological polar surface area (TPSA) is 26.8 Å². The van der Waals surface area contributed by atoms with E-state index in [0.717, 1.165) is 26.2 Å². The van der Waals surface area contributed by atoms with Crippen molar-refractivity contribution in [1.82, 2.24) is 14.7 Å². The molecule has 1 amide bonds. The maximum Gasteiger partial charge on any atom is 0.236 e. The zero-order valence-electron chi connectivity index (χ0n) is 12.5. The van der Waals surface area contributed by atoms with Crippen molar-refractivity contribution in [2.75, 3.05) is 59.6 Å². The minimum absolute atomic E-state index is 0.216. The van der Waals surface area contributed by atoms with Crippen molar-refractivity contribution in [1.29, 1.82) is 0 Å². The van der Waals surface area contributed by atoms with E-state index in [0.29, 0.717) is 11.3 Å². The van der Waals surface area contributed by atoms with Crippen LogP contribution in [0.15, 0.2) is 0 Å². The van der Waals surface area contributed by atoms with Gasteiger partial charge in [0, 0.05) is 51.6 Å². The molecule has 0 aromatic heterocycles. The fourth-order valence-corrected chi connectivity index (χ4v) is 3.85. The molecule has 2 fully saturated rings. The Balaban J connectivity index is 1.72. The zero-order valence-corrected chi connectivity index (χ0v) is 13.3. The maximum absolute atomic E-state index is 11.7. The molecular formula is C14H27N3OS. The fourth-order valence-electron chi connectivity index (χ4n) is 2.84. The lowest BCUT2D eigenvalue weighted by Gasteiger charge is -2.46. The predicted octanol–water partition coefficient (Wildman–Crippen LogP) is 0.978. The highest BCUT2D eigenvalue weighted by atomic mass is 32.2. The lowest BCUT2D eigenvalue weighted by atomic mass is 9.83. The van der Waals surface area contributed by atoms with Crippen LogP contribution in [0, 0.1) is 0 Å². The van der Waals surface area contributed by atoms with E-state index in [9.17, 15) is 4.79 Å². The molecule has 1 aliphatic heterocycles. The monoisotopic (exact) mass is 285 g/mol. The standard InChI is InChI=1S/C14H27N3OS/c1-15(2)13(18)11-16-7-9-17(10-8-16)12-14(19-3)5-4-6-14/h4-12H2,1-3H3. The molecule has 1 saturated heterocycles. The molecule has 110 valence electrons. The minimum Gasteiger partial charge on any atom is -0.348 e. The van der Waals surface area contributed by atoms with Gasteiger partial charge in [0.05, 0.1) is 6.54 Å². The van der Waals surface area contributed by atoms with Gasteiger partial charge >= 0.3 is 0 Å². The van der Waals surface area contributed by atoms with Crippen molar-refractivity contribution in [2.24, 2.45) is 0 Å². The first kappa shape index (κ1) is 15.1. The molecule has 4 nitrogen and oxygen atoms in total. The molecule has 0 spiro atoms. The summed E-state index contributed by atoms with van der Waals surface area (Å²) in [5.41, 5.74) is 0. The molecule has 0 unspecified atom stereocenters. The lowest BCUT2D eigenvalue weighted by Crippen LogP contribution is -2.54. The van der Waals surface area contributed by atoms with Crippen LogP contribution in [0.1, 0.15) is 19.3 Å². The number of rotatable bonds is 5. The van der Waals surface area contributed by atoms with Crippen LogP contribution < -0.4 is 0 Å². The van der Waals surface area contributed by atoms with Crippen molar-refractivity contribution in [3.63, 3.8) is 0 Å². The van der Waals surface area contributed by atoms with Gasteiger partial charge in [0.2, 0.25) is 5.91 Å². The Morgan fingerprint density at radius 2 is 1.74 bits per heavy atom. The van der Waals surface area contributed by atoms with Crippen LogP contribution in [0.5, 0.6) is 0 Å². The van der Waals surface area contributed by atoms with Gasteiger partial charge in [-0.2, -0.15) is 11.8 Å². The summed E-state index contributed by atoms with van der Waals surface area (Å²) in [6.07, 6.45) is 6.42. The van der Waals surface area contributed by atoms with E-state index in [-0.39, 0.29) is 5.91 Å². The van der Waals surface area contributed by atoms with E-state index < -0.39 is 0 Å². The Labute approximate surface area is 121 Å². The SMILES string of the molecule is CSC1(CN2CCN(CC(=O)N(C)C)CC2)CCC1. The summed E-state index contributed by atoms with van der Waals surface area (Å²) in [4.78, 5) is 18.2. The van der Waals surface area contributed by atoms with E-state index in [1.54, 1.807) is 4.90 Å². The average molecular weight is 285 g/mol. The number of piperazine rings is 1. The molecule has 0 radical (unpaired) electrons. The van der Waals surface area contributed by atoms with Gasteiger partial charge in [-0.1, -0.05) is 6.42 Å². The van der Waals surface area contributed by atoms with Crippen LogP contribution in [-0.2, 0) is 4.79 Å². The first-order valence-corrected chi connectivity index (χ1v) is 8.47. The smallest absolute Gasteiger partial charge is 0.236 e. The molecule has 5 heteroatoms. The van der Waals surface area contributed by atoms with Gasteiger partial charge in [0.25, 0.3) is 0 Å². The van der Waals surface area contributed by atoms with Gasteiger partial charge < -0.3 is 4.90 Å². The molecular weight excluding hydrogens is 258 g/mol. The van der Waals surface area contributed by atoms with Crippen molar-refractivity contribution in [2.45, 2.75) is 24.0 Å². The summed E-state index contributed by atoms with van der Waals surface area (Å²) in [7, 11) is 3.66. The molecule has 1 aliphatic carbocycles. The number of thioether (sulfide) groups is 1. The molecule has 0 N–H and O–H groups in total. The molecule has 0 bridgehead atoms. The van der Waals surface area contributed by atoms with Crippen LogP contribution in [-0.4, -0.2) is 85.0 Å². The highest BCUT2D eigenvalue weighted by Gasteiger charge is 2.38. The Hall–Kier alpha value is -0.260. The average Bonchev–Trinajstić information content (AvgIpc) is 2.35. The van der Waals surface area contributed by atoms with Crippen LogP contribution in [0.3, 0.4) is 0 Å². The third kappa shape index (κ3) is 3.86. The number of hydrogen-bond donors (Lipinski definition) is 0. The van der Waals surface area contributed by atoms with Gasteiger partial charge in [0.15, 0.2) is 0 Å². The molecule has 19 heavy (non-hydrogen) atoms. The Morgan fingerprint density at radius 1 is 1.16 bits per heavy atom. The number of amides is 1. The van der Waals surface area contributed by atoms with Crippen LogP contribution in [0.25, 0.3) is 0 Å². The first-order chi connectivity index (χ1) is 9.04. The van der Waals surface area contributed by atoms with Crippen LogP contribution >= 0.6 is 11.8 Å². The van der Waals surface area contributed by atoms with E-state index in [4.69, 9.17) is 0 Å². The number of likely N-dealkylation sites (N-methyl/N-ethyl adjacent to an activating group) is 1. The van der Waals surface area contributed by atoms with Gasteiger partial charge in [-0.15, -0.1) is 0 Å². The Kier molecular flexibility index (Phi) is 5.15. The summed E-state index contributed by atoms with van der Waals surface area (Å²) < 4.78 is 0.543. The highest BCUT2D eigenvalue weighted by molar-refractivity contribution is 8.00. The first-order valence-electron chi connectivity index (χ1n) is 7.25. The van der Waals surface area contributed by atoms with Crippen molar-refractivity contribution in [3.05, 3.63) is 0 Å². The summed E-state index contributed by atoms with van der Waals surface area (Å²) in [6, 6.07) is 0. The molecule has 2 aliphatic rings. The highest BCUT2D eigenvalue weighted by Crippen LogP contribution is 2.43. The summed E-state index contributed by atoms with van der Waals surface area (Å²) >= 11 is 2.05.